The summed E-state index contributed by atoms with van der Waals surface area (Å²) in [5.41, 5.74) is 3.66. The molecule has 0 saturated carbocycles. The first-order chi connectivity index (χ1) is 16.4. The molecule has 0 bridgehead atoms. The molecule has 8 nitrogen and oxygen atoms in total. The van der Waals surface area contributed by atoms with Crippen LogP contribution in [0.2, 0.25) is 0 Å². The highest BCUT2D eigenvalue weighted by molar-refractivity contribution is 5.84. The smallest absolute Gasteiger partial charge is 0.326 e. The van der Waals surface area contributed by atoms with E-state index < -0.39 is 12.0 Å². The zero-order chi connectivity index (χ0) is 25.1. The minimum absolute atomic E-state index is 0.125. The van der Waals surface area contributed by atoms with Crippen LogP contribution in [0.4, 0.5) is 0 Å². The number of nitrogens with zero attached hydrogens (tertiary/aromatic N) is 4. The fourth-order valence-corrected chi connectivity index (χ4v) is 3.78. The number of carboxylic acids is 1. The highest BCUT2D eigenvalue weighted by atomic mass is 16.4. The van der Waals surface area contributed by atoms with E-state index in [1.807, 2.05) is 83.1 Å². The predicted molar refractivity (Wildman–Crippen MR) is 133 cm³/mol. The Balaban J connectivity index is 0.00000199. The lowest BCUT2D eigenvalue weighted by Crippen LogP contribution is -2.47. The van der Waals surface area contributed by atoms with E-state index in [2.05, 4.69) is 20.6 Å². The third-order valence-corrected chi connectivity index (χ3v) is 5.42. The number of tetrazole rings is 1. The van der Waals surface area contributed by atoms with Crippen LogP contribution in [0.15, 0.2) is 48.5 Å². The molecule has 1 aromatic heterocycles. The Kier molecular flexibility index (Phi) is 10.4. The first kappa shape index (κ1) is 26.7. The molecule has 1 unspecified atom stereocenters. The average molecular weight is 466 g/mol. The van der Waals surface area contributed by atoms with E-state index in [0.717, 1.165) is 35.1 Å². The van der Waals surface area contributed by atoms with Crippen molar-refractivity contribution in [1.82, 2.24) is 25.5 Å². The van der Waals surface area contributed by atoms with Gasteiger partial charge in [-0.15, -0.1) is 10.2 Å². The molecule has 8 heteroatoms. The van der Waals surface area contributed by atoms with Gasteiger partial charge in [0, 0.05) is 18.5 Å². The molecule has 3 rings (SSSR count). The molecule has 2 aromatic carbocycles. The number of carbonyl (C=O) groups is 2. The number of unbranched alkanes of at least 4 members (excludes halogenated alkanes) is 1. The molecule has 0 radical (unpaired) electrons. The number of aromatic amines is 1. The number of rotatable bonds is 10. The summed E-state index contributed by atoms with van der Waals surface area (Å²) in [5, 5.41) is 24.0. The van der Waals surface area contributed by atoms with Gasteiger partial charge >= 0.3 is 5.97 Å². The van der Waals surface area contributed by atoms with Crippen LogP contribution >= 0.6 is 0 Å². The van der Waals surface area contributed by atoms with Crippen LogP contribution in [0.1, 0.15) is 59.4 Å². The van der Waals surface area contributed by atoms with Crippen molar-refractivity contribution in [1.29, 1.82) is 0 Å². The van der Waals surface area contributed by atoms with Gasteiger partial charge in [-0.2, -0.15) is 5.21 Å². The van der Waals surface area contributed by atoms with Crippen LogP contribution in [0.5, 0.6) is 0 Å². The number of carboxylic acid groups (broad SMARTS) is 1. The summed E-state index contributed by atoms with van der Waals surface area (Å²) in [5.74, 6) is -0.784. The highest BCUT2D eigenvalue weighted by Gasteiger charge is 2.32. The quantitative estimate of drug-likeness (QED) is 0.426. The fourth-order valence-electron chi connectivity index (χ4n) is 3.78. The van der Waals surface area contributed by atoms with Gasteiger partial charge in [0.1, 0.15) is 6.04 Å². The average Bonchev–Trinajstić information content (AvgIpc) is 3.38. The van der Waals surface area contributed by atoms with Crippen LogP contribution in [0, 0.1) is 5.92 Å². The van der Waals surface area contributed by atoms with Gasteiger partial charge in [0.15, 0.2) is 0 Å². The monoisotopic (exact) mass is 465 g/mol. The number of amides is 1. The normalized spacial score (nSPS) is 11.5. The molecule has 0 aliphatic heterocycles. The van der Waals surface area contributed by atoms with Crippen molar-refractivity contribution < 1.29 is 14.7 Å². The maximum absolute atomic E-state index is 12.9. The van der Waals surface area contributed by atoms with Crippen molar-refractivity contribution in [3.05, 3.63) is 54.1 Å². The van der Waals surface area contributed by atoms with Crippen LogP contribution in [-0.2, 0) is 16.1 Å². The van der Waals surface area contributed by atoms with E-state index in [1.54, 1.807) is 0 Å². The molecule has 0 aliphatic carbocycles. The number of nitrogens with one attached hydrogen (secondary N) is 1. The SMILES string of the molecule is CC.CCCCC(=O)N(Cc1ccc(-c2ccccc2-c2nn[nH]n2)cc1)C(C(=O)O)C(C)C. The molecule has 1 heterocycles. The summed E-state index contributed by atoms with van der Waals surface area (Å²) in [7, 11) is 0. The van der Waals surface area contributed by atoms with E-state index in [9.17, 15) is 14.7 Å². The second kappa shape index (κ2) is 13.2. The molecule has 3 aromatic rings. The number of benzene rings is 2. The predicted octanol–water partition coefficient (Wildman–Crippen LogP) is 5.19. The van der Waals surface area contributed by atoms with E-state index >= 15 is 0 Å². The molecule has 1 atom stereocenters. The van der Waals surface area contributed by atoms with Crippen LogP contribution < -0.4 is 0 Å². The maximum Gasteiger partial charge on any atom is 0.326 e. The third kappa shape index (κ3) is 6.73. The number of H-pyrrole nitrogens is 1. The lowest BCUT2D eigenvalue weighted by atomic mass is 9.97. The van der Waals surface area contributed by atoms with Crippen molar-refractivity contribution in [3.63, 3.8) is 0 Å². The maximum atomic E-state index is 12.9. The van der Waals surface area contributed by atoms with E-state index in [4.69, 9.17) is 0 Å². The van der Waals surface area contributed by atoms with Crippen molar-refractivity contribution in [2.75, 3.05) is 0 Å². The van der Waals surface area contributed by atoms with Crippen molar-refractivity contribution >= 4 is 11.9 Å². The second-order valence-corrected chi connectivity index (χ2v) is 8.13. The number of aromatic nitrogens is 4. The largest absolute Gasteiger partial charge is 0.480 e. The van der Waals surface area contributed by atoms with E-state index in [0.29, 0.717) is 12.2 Å². The Morgan fingerprint density at radius 2 is 1.68 bits per heavy atom. The van der Waals surface area contributed by atoms with Gasteiger partial charge in [-0.05, 0) is 34.2 Å². The Morgan fingerprint density at radius 1 is 1.03 bits per heavy atom. The Morgan fingerprint density at radius 3 is 2.21 bits per heavy atom. The van der Waals surface area contributed by atoms with Crippen LogP contribution in [0.3, 0.4) is 0 Å². The van der Waals surface area contributed by atoms with Crippen molar-refractivity contribution in [3.8, 4) is 22.5 Å². The Bertz CT molecular complexity index is 1030. The van der Waals surface area contributed by atoms with E-state index in [1.165, 1.54) is 4.90 Å². The third-order valence-electron chi connectivity index (χ3n) is 5.42. The summed E-state index contributed by atoms with van der Waals surface area (Å²) >= 11 is 0. The first-order valence-electron chi connectivity index (χ1n) is 11.9. The summed E-state index contributed by atoms with van der Waals surface area (Å²) in [4.78, 5) is 26.3. The summed E-state index contributed by atoms with van der Waals surface area (Å²) in [6, 6.07) is 14.7. The van der Waals surface area contributed by atoms with Gasteiger partial charge in [0.25, 0.3) is 0 Å². The van der Waals surface area contributed by atoms with Gasteiger partial charge in [0.05, 0.1) is 0 Å². The Hall–Kier alpha value is -3.55. The zero-order valence-corrected chi connectivity index (χ0v) is 20.7. The lowest BCUT2D eigenvalue weighted by molar-refractivity contribution is -0.153. The standard InChI is InChI=1S/C24H29N5O3.C2H6/c1-4-5-10-21(30)29(22(16(2)3)24(31)32)15-17-11-13-18(14-12-17)19-8-6-7-9-20(19)23-25-27-28-26-23;1-2/h6-9,11-14,16,22H,4-5,10,15H2,1-3H3,(H,31,32)(H,25,26,27,28);1-2H3. The van der Waals surface area contributed by atoms with Crippen LogP contribution in [-0.4, -0.2) is 48.5 Å². The highest BCUT2D eigenvalue weighted by Crippen LogP contribution is 2.30. The number of hydrogen-bond acceptors (Lipinski definition) is 5. The minimum atomic E-state index is -0.976. The second-order valence-electron chi connectivity index (χ2n) is 8.13. The zero-order valence-electron chi connectivity index (χ0n) is 20.7. The molecule has 0 fully saturated rings. The molecule has 182 valence electrons. The van der Waals surface area contributed by atoms with Gasteiger partial charge in [-0.25, -0.2) is 4.79 Å². The molecule has 1 amide bonds. The summed E-state index contributed by atoms with van der Waals surface area (Å²) in [6.07, 6.45) is 1.97. The molecule has 2 N–H and O–H groups in total. The Labute approximate surface area is 201 Å². The van der Waals surface area contributed by atoms with Gasteiger partial charge < -0.3 is 10.0 Å². The topological polar surface area (TPSA) is 112 Å². The number of carbonyl (C=O) groups excluding carboxylic acids is 1. The minimum Gasteiger partial charge on any atom is -0.480 e. The van der Waals surface area contributed by atoms with Gasteiger partial charge in [-0.1, -0.05) is 89.6 Å². The molecular weight excluding hydrogens is 430 g/mol. The lowest BCUT2D eigenvalue weighted by Gasteiger charge is -2.32. The van der Waals surface area contributed by atoms with Gasteiger partial charge in [-0.3, -0.25) is 4.79 Å². The fraction of sp³-hybridized carbons (Fsp3) is 0.423. The number of hydrogen-bond donors (Lipinski definition) is 2. The van der Waals surface area contributed by atoms with Crippen LogP contribution in [0.25, 0.3) is 22.5 Å². The van der Waals surface area contributed by atoms with Crippen molar-refractivity contribution in [2.45, 2.75) is 66.5 Å². The molecule has 0 spiro atoms. The summed E-state index contributed by atoms with van der Waals surface area (Å²) < 4.78 is 0. The first-order valence-corrected chi connectivity index (χ1v) is 11.9. The molecule has 0 aliphatic rings. The summed E-state index contributed by atoms with van der Waals surface area (Å²) in [6.45, 7) is 9.93. The number of aliphatic carboxylic acids is 1. The van der Waals surface area contributed by atoms with Crippen molar-refractivity contribution in [2.24, 2.45) is 5.92 Å². The molecular formula is C26H35N5O3. The molecule has 34 heavy (non-hydrogen) atoms. The van der Waals surface area contributed by atoms with E-state index in [-0.39, 0.29) is 18.4 Å². The molecule has 0 saturated heterocycles. The van der Waals surface area contributed by atoms with Gasteiger partial charge in [0.2, 0.25) is 11.7 Å².